The van der Waals surface area contributed by atoms with Crippen LogP contribution in [0.15, 0.2) is 24.3 Å². The van der Waals surface area contributed by atoms with Crippen LogP contribution in [0, 0.1) is 12.3 Å². The number of benzene rings is 1. The molecule has 0 unspecified atom stereocenters. The fourth-order valence-electron chi connectivity index (χ4n) is 1.39. The molecule has 0 aliphatic rings. The van der Waals surface area contributed by atoms with Crippen LogP contribution in [0.25, 0.3) is 0 Å². The summed E-state index contributed by atoms with van der Waals surface area (Å²) in [7, 11) is 0. The zero-order chi connectivity index (χ0) is 12.5. The highest BCUT2D eigenvalue weighted by atomic mass is 16.5. The molecule has 0 aliphatic heterocycles. The van der Waals surface area contributed by atoms with Crippen molar-refractivity contribution in [3.05, 3.63) is 29.8 Å². The highest BCUT2D eigenvalue weighted by Crippen LogP contribution is 2.12. The van der Waals surface area contributed by atoms with E-state index < -0.39 is 0 Å². The van der Waals surface area contributed by atoms with Crippen molar-refractivity contribution in [2.24, 2.45) is 0 Å². The molecule has 1 aromatic rings. The molecule has 2 heteroatoms. The maximum absolute atomic E-state index is 5.57. The summed E-state index contributed by atoms with van der Waals surface area (Å²) in [4.78, 5) is 0. The molecule has 0 aliphatic carbocycles. The van der Waals surface area contributed by atoms with Crippen LogP contribution in [0.2, 0.25) is 0 Å². The first-order chi connectivity index (χ1) is 8.22. The van der Waals surface area contributed by atoms with Crippen LogP contribution in [0.5, 0.6) is 5.75 Å². The van der Waals surface area contributed by atoms with Crippen molar-refractivity contribution in [2.75, 3.05) is 6.61 Å². The Balaban J connectivity index is 2.32. The molecule has 92 valence electrons. The predicted molar refractivity (Wildman–Crippen MR) is 72.0 cm³/mol. The van der Waals surface area contributed by atoms with E-state index in [1.165, 1.54) is 5.56 Å². The molecule has 0 radical (unpaired) electrons. The third-order valence-corrected chi connectivity index (χ3v) is 2.37. The van der Waals surface area contributed by atoms with Gasteiger partial charge in [0, 0.05) is 19.0 Å². The van der Waals surface area contributed by atoms with Gasteiger partial charge in [0.15, 0.2) is 0 Å². The zero-order valence-electron chi connectivity index (χ0n) is 10.7. The molecule has 1 aromatic carbocycles. The van der Waals surface area contributed by atoms with Gasteiger partial charge in [-0.05, 0) is 24.1 Å². The van der Waals surface area contributed by atoms with Gasteiger partial charge in [0.1, 0.15) is 5.75 Å². The summed E-state index contributed by atoms with van der Waals surface area (Å²) in [5.41, 5.74) is 1.27. The second kappa shape index (κ2) is 7.76. The largest absolute Gasteiger partial charge is 0.494 e. The molecule has 0 aromatic heterocycles. The van der Waals surface area contributed by atoms with E-state index in [1.807, 2.05) is 12.1 Å². The molecule has 0 saturated heterocycles. The summed E-state index contributed by atoms with van der Waals surface area (Å²) >= 11 is 0. The van der Waals surface area contributed by atoms with Crippen LogP contribution in [0.1, 0.15) is 32.3 Å². The van der Waals surface area contributed by atoms with E-state index in [0.717, 1.165) is 25.1 Å². The molecule has 0 saturated carbocycles. The normalized spacial score (nSPS) is 10.2. The quantitative estimate of drug-likeness (QED) is 0.575. The first-order valence-electron chi connectivity index (χ1n) is 6.11. The molecule has 0 heterocycles. The second-order valence-electron chi connectivity index (χ2n) is 4.34. The number of terminal acetylenes is 1. The van der Waals surface area contributed by atoms with E-state index in [9.17, 15) is 0 Å². The van der Waals surface area contributed by atoms with Gasteiger partial charge >= 0.3 is 0 Å². The molecule has 1 rings (SSSR count). The van der Waals surface area contributed by atoms with Crippen LogP contribution in [0.4, 0.5) is 0 Å². The Morgan fingerprint density at radius 2 is 2.00 bits per heavy atom. The Labute approximate surface area is 104 Å². The monoisotopic (exact) mass is 231 g/mol. The average Bonchev–Trinajstić information content (AvgIpc) is 2.33. The third-order valence-electron chi connectivity index (χ3n) is 2.37. The highest BCUT2D eigenvalue weighted by Gasteiger charge is 1.97. The van der Waals surface area contributed by atoms with Crippen molar-refractivity contribution in [3.8, 4) is 18.1 Å². The van der Waals surface area contributed by atoms with Crippen LogP contribution in [-0.4, -0.2) is 12.6 Å². The fourth-order valence-corrected chi connectivity index (χ4v) is 1.39. The fraction of sp³-hybridized carbons (Fsp3) is 0.467. The minimum Gasteiger partial charge on any atom is -0.494 e. The predicted octanol–water partition coefficient (Wildman–Crippen LogP) is 2.98. The summed E-state index contributed by atoms with van der Waals surface area (Å²) in [6.07, 6.45) is 6.86. The Bertz CT molecular complexity index is 348. The molecular weight excluding hydrogens is 210 g/mol. The molecule has 0 atom stereocenters. The summed E-state index contributed by atoms with van der Waals surface area (Å²) in [6, 6.07) is 8.70. The van der Waals surface area contributed by atoms with E-state index in [2.05, 4.69) is 37.2 Å². The number of hydrogen-bond acceptors (Lipinski definition) is 2. The lowest BCUT2D eigenvalue weighted by Gasteiger charge is -2.09. The van der Waals surface area contributed by atoms with Crippen LogP contribution in [-0.2, 0) is 6.54 Å². The third kappa shape index (κ3) is 5.99. The molecule has 0 bridgehead atoms. The summed E-state index contributed by atoms with van der Waals surface area (Å²) in [5.74, 6) is 3.51. The van der Waals surface area contributed by atoms with E-state index in [0.29, 0.717) is 12.6 Å². The van der Waals surface area contributed by atoms with E-state index in [4.69, 9.17) is 11.2 Å². The first-order valence-corrected chi connectivity index (χ1v) is 6.11. The molecule has 0 fully saturated rings. The standard InChI is InChI=1S/C15H21NO/c1-4-5-6-11-17-15-9-7-14(8-10-15)12-16-13(2)3/h1,7-10,13,16H,5-6,11-12H2,2-3H3. The Hall–Kier alpha value is -1.46. The van der Waals surface area contributed by atoms with E-state index >= 15 is 0 Å². The van der Waals surface area contributed by atoms with Crippen molar-refractivity contribution in [1.29, 1.82) is 0 Å². The lowest BCUT2D eigenvalue weighted by atomic mass is 10.2. The second-order valence-corrected chi connectivity index (χ2v) is 4.34. The number of ether oxygens (including phenoxy) is 1. The average molecular weight is 231 g/mol. The summed E-state index contributed by atoms with van der Waals surface area (Å²) in [6.45, 7) is 5.87. The van der Waals surface area contributed by atoms with Gasteiger partial charge < -0.3 is 10.1 Å². The van der Waals surface area contributed by atoms with Gasteiger partial charge in [-0.1, -0.05) is 26.0 Å². The SMILES string of the molecule is C#CCCCOc1ccc(CNC(C)C)cc1. The molecule has 0 amide bonds. The van der Waals surface area contributed by atoms with Gasteiger partial charge in [0.25, 0.3) is 0 Å². The van der Waals surface area contributed by atoms with Crippen molar-refractivity contribution in [3.63, 3.8) is 0 Å². The topological polar surface area (TPSA) is 21.3 Å². The molecule has 17 heavy (non-hydrogen) atoms. The maximum atomic E-state index is 5.57. The zero-order valence-corrected chi connectivity index (χ0v) is 10.7. The van der Waals surface area contributed by atoms with E-state index in [-0.39, 0.29) is 0 Å². The minimum atomic E-state index is 0.509. The van der Waals surface area contributed by atoms with Crippen molar-refractivity contribution in [2.45, 2.75) is 39.3 Å². The van der Waals surface area contributed by atoms with Crippen LogP contribution in [0.3, 0.4) is 0 Å². The summed E-state index contributed by atoms with van der Waals surface area (Å²) in [5, 5.41) is 3.38. The number of unbranched alkanes of at least 4 members (excludes halogenated alkanes) is 1. The highest BCUT2D eigenvalue weighted by molar-refractivity contribution is 5.27. The van der Waals surface area contributed by atoms with Gasteiger partial charge in [-0.15, -0.1) is 12.3 Å². The minimum absolute atomic E-state index is 0.509. The molecule has 2 nitrogen and oxygen atoms in total. The Kier molecular flexibility index (Phi) is 6.21. The smallest absolute Gasteiger partial charge is 0.119 e. The van der Waals surface area contributed by atoms with Crippen molar-refractivity contribution < 1.29 is 4.74 Å². The van der Waals surface area contributed by atoms with Gasteiger partial charge in [-0.2, -0.15) is 0 Å². The van der Waals surface area contributed by atoms with Crippen molar-refractivity contribution in [1.82, 2.24) is 5.32 Å². The van der Waals surface area contributed by atoms with Gasteiger partial charge in [0.05, 0.1) is 6.61 Å². The first kappa shape index (κ1) is 13.6. The molecule has 0 spiro atoms. The molecular formula is C15H21NO. The van der Waals surface area contributed by atoms with Crippen LogP contribution < -0.4 is 10.1 Å². The Morgan fingerprint density at radius 1 is 1.29 bits per heavy atom. The lowest BCUT2D eigenvalue weighted by molar-refractivity contribution is 0.313. The van der Waals surface area contributed by atoms with E-state index in [1.54, 1.807) is 0 Å². The summed E-state index contributed by atoms with van der Waals surface area (Å²) < 4.78 is 5.57. The molecule has 1 N–H and O–H groups in total. The van der Waals surface area contributed by atoms with Crippen LogP contribution >= 0.6 is 0 Å². The maximum Gasteiger partial charge on any atom is 0.119 e. The lowest BCUT2D eigenvalue weighted by Crippen LogP contribution is -2.21. The van der Waals surface area contributed by atoms with Gasteiger partial charge in [-0.25, -0.2) is 0 Å². The van der Waals surface area contributed by atoms with Crippen molar-refractivity contribution >= 4 is 0 Å². The number of nitrogens with one attached hydrogen (secondary N) is 1. The Morgan fingerprint density at radius 3 is 2.59 bits per heavy atom. The van der Waals surface area contributed by atoms with Gasteiger partial charge in [-0.3, -0.25) is 0 Å². The van der Waals surface area contributed by atoms with Gasteiger partial charge in [0.2, 0.25) is 0 Å². The number of hydrogen-bond donors (Lipinski definition) is 1. The number of rotatable bonds is 7.